The van der Waals surface area contributed by atoms with Crippen LogP contribution in [-0.2, 0) is 0 Å². The third-order valence-electron chi connectivity index (χ3n) is 3.57. The Morgan fingerprint density at radius 1 is 1.18 bits per heavy atom. The first-order valence-corrected chi connectivity index (χ1v) is 8.85. The number of anilines is 1. The van der Waals surface area contributed by atoms with Gasteiger partial charge in [0.05, 0.1) is 0 Å². The Balaban J connectivity index is 1.58. The largest absolute Gasteiger partial charge is 0.487 e. The number of nitrogens with zero attached hydrogens (tertiary/aromatic N) is 3. The maximum absolute atomic E-state index is 13.8. The highest BCUT2D eigenvalue weighted by molar-refractivity contribution is 14.1. The zero-order valence-electron chi connectivity index (χ0n) is 11.7. The molecule has 4 nitrogen and oxygen atoms in total. The van der Waals surface area contributed by atoms with E-state index in [0.717, 1.165) is 35.4 Å². The molecule has 2 aromatic rings. The average Bonchev–Trinajstić information content (AvgIpc) is 2.52. The number of benzene rings is 1. The van der Waals surface area contributed by atoms with Crippen LogP contribution in [0.2, 0.25) is 0 Å². The predicted octanol–water partition coefficient (Wildman–Crippen LogP) is 4.03. The average molecular weight is 478 g/mol. The van der Waals surface area contributed by atoms with Gasteiger partial charge in [-0.25, -0.2) is 4.39 Å². The van der Waals surface area contributed by atoms with Crippen molar-refractivity contribution in [2.75, 3.05) is 18.0 Å². The summed E-state index contributed by atoms with van der Waals surface area (Å²) >= 11 is 5.38. The third-order valence-corrected chi connectivity index (χ3v) is 4.64. The van der Waals surface area contributed by atoms with Gasteiger partial charge in [-0.1, -0.05) is 15.9 Å². The van der Waals surface area contributed by atoms with Crippen molar-refractivity contribution in [2.45, 2.75) is 18.9 Å². The molecule has 0 bridgehead atoms. The Hall–Kier alpha value is -0.960. The van der Waals surface area contributed by atoms with Crippen LogP contribution in [0.4, 0.5) is 10.2 Å². The summed E-state index contributed by atoms with van der Waals surface area (Å²) < 4.78 is 21.2. The second-order valence-electron chi connectivity index (χ2n) is 5.09. The van der Waals surface area contributed by atoms with Crippen molar-refractivity contribution < 1.29 is 9.13 Å². The highest BCUT2D eigenvalue weighted by Gasteiger charge is 2.22. The minimum absolute atomic E-state index is 0.0312. The predicted molar refractivity (Wildman–Crippen MR) is 94.7 cm³/mol. The fourth-order valence-corrected chi connectivity index (χ4v) is 3.05. The molecule has 1 aliphatic rings. The fraction of sp³-hybridized carbons (Fsp3) is 0.333. The Morgan fingerprint density at radius 2 is 1.95 bits per heavy atom. The maximum Gasteiger partial charge on any atom is 0.166 e. The lowest BCUT2D eigenvalue weighted by molar-refractivity contribution is 0.163. The van der Waals surface area contributed by atoms with Crippen LogP contribution in [-0.4, -0.2) is 29.4 Å². The SMILES string of the molecule is Fc1cc(Br)ccc1OC1CCN(c2ccc(I)nn2)CC1. The summed E-state index contributed by atoms with van der Waals surface area (Å²) in [6.45, 7) is 1.66. The molecule has 0 spiro atoms. The Morgan fingerprint density at radius 3 is 2.59 bits per heavy atom. The molecule has 22 heavy (non-hydrogen) atoms. The van der Waals surface area contributed by atoms with E-state index in [2.05, 4.69) is 53.6 Å². The smallest absolute Gasteiger partial charge is 0.166 e. The van der Waals surface area contributed by atoms with Crippen LogP contribution in [0.15, 0.2) is 34.8 Å². The number of aromatic nitrogens is 2. The van der Waals surface area contributed by atoms with Crippen molar-refractivity contribution in [1.29, 1.82) is 0 Å². The van der Waals surface area contributed by atoms with Gasteiger partial charge in [-0.15, -0.1) is 10.2 Å². The van der Waals surface area contributed by atoms with Gasteiger partial charge in [0, 0.05) is 30.4 Å². The summed E-state index contributed by atoms with van der Waals surface area (Å²) in [6, 6.07) is 8.80. The van der Waals surface area contributed by atoms with Gasteiger partial charge in [-0.05, 0) is 52.9 Å². The van der Waals surface area contributed by atoms with Crippen LogP contribution >= 0.6 is 38.5 Å². The van der Waals surface area contributed by atoms with Gasteiger partial charge in [0.15, 0.2) is 17.4 Å². The van der Waals surface area contributed by atoms with Crippen molar-refractivity contribution in [3.63, 3.8) is 0 Å². The number of halogens is 3. The summed E-state index contributed by atoms with van der Waals surface area (Å²) in [5, 5.41) is 8.27. The normalized spacial score (nSPS) is 15.9. The zero-order valence-corrected chi connectivity index (χ0v) is 15.4. The van der Waals surface area contributed by atoms with Crippen LogP contribution < -0.4 is 9.64 Å². The first-order valence-electron chi connectivity index (χ1n) is 6.98. The van der Waals surface area contributed by atoms with E-state index < -0.39 is 0 Å². The first-order chi connectivity index (χ1) is 10.6. The van der Waals surface area contributed by atoms with Crippen LogP contribution in [0.25, 0.3) is 0 Å². The van der Waals surface area contributed by atoms with E-state index in [9.17, 15) is 4.39 Å². The molecule has 1 aliphatic heterocycles. The Labute approximate surface area is 150 Å². The van der Waals surface area contributed by atoms with E-state index in [1.54, 1.807) is 12.1 Å². The number of hydrogen-bond donors (Lipinski definition) is 0. The third kappa shape index (κ3) is 3.87. The topological polar surface area (TPSA) is 38.2 Å². The second-order valence-corrected chi connectivity index (χ2v) is 7.11. The van der Waals surface area contributed by atoms with Crippen LogP contribution in [0.3, 0.4) is 0 Å². The first kappa shape index (κ1) is 15.9. The highest BCUT2D eigenvalue weighted by Crippen LogP contribution is 2.26. The van der Waals surface area contributed by atoms with E-state index in [0.29, 0.717) is 10.2 Å². The van der Waals surface area contributed by atoms with Gasteiger partial charge in [0.1, 0.15) is 9.80 Å². The molecule has 0 N–H and O–H groups in total. The quantitative estimate of drug-likeness (QED) is 0.625. The molecule has 3 rings (SSSR count). The maximum atomic E-state index is 13.8. The lowest BCUT2D eigenvalue weighted by atomic mass is 10.1. The molecule has 1 aromatic carbocycles. The summed E-state index contributed by atoms with van der Waals surface area (Å²) in [5.41, 5.74) is 0. The summed E-state index contributed by atoms with van der Waals surface area (Å²) in [6.07, 6.45) is 1.70. The number of rotatable bonds is 3. The van der Waals surface area contributed by atoms with Crippen LogP contribution in [0.5, 0.6) is 5.75 Å². The number of hydrogen-bond acceptors (Lipinski definition) is 4. The summed E-state index contributed by atoms with van der Waals surface area (Å²) in [7, 11) is 0. The van der Waals surface area contributed by atoms with Crippen LogP contribution in [0, 0.1) is 9.52 Å². The molecule has 0 radical (unpaired) electrons. The molecule has 0 amide bonds. The minimum Gasteiger partial charge on any atom is -0.487 e. The van der Waals surface area contributed by atoms with Crippen molar-refractivity contribution >= 4 is 44.3 Å². The molecule has 2 heterocycles. The van der Waals surface area contributed by atoms with Gasteiger partial charge in [-0.3, -0.25) is 0 Å². The van der Waals surface area contributed by atoms with Gasteiger partial charge in [-0.2, -0.15) is 0 Å². The van der Waals surface area contributed by atoms with Crippen molar-refractivity contribution in [3.8, 4) is 5.75 Å². The lowest BCUT2D eigenvalue weighted by Gasteiger charge is -2.32. The zero-order chi connectivity index (χ0) is 15.5. The van der Waals surface area contributed by atoms with E-state index in [1.807, 2.05) is 12.1 Å². The highest BCUT2D eigenvalue weighted by atomic mass is 127. The number of ether oxygens (including phenoxy) is 1. The van der Waals surface area contributed by atoms with Crippen molar-refractivity contribution in [3.05, 3.63) is 44.3 Å². The van der Waals surface area contributed by atoms with Gasteiger partial charge >= 0.3 is 0 Å². The number of piperidine rings is 1. The van der Waals surface area contributed by atoms with Gasteiger partial charge in [0.25, 0.3) is 0 Å². The molecule has 0 unspecified atom stereocenters. The molecular weight excluding hydrogens is 464 g/mol. The monoisotopic (exact) mass is 477 g/mol. The van der Waals surface area contributed by atoms with E-state index in [1.165, 1.54) is 6.07 Å². The van der Waals surface area contributed by atoms with Crippen LogP contribution in [0.1, 0.15) is 12.8 Å². The van der Waals surface area contributed by atoms with Gasteiger partial charge in [0.2, 0.25) is 0 Å². The Bertz CT molecular complexity index is 648. The molecule has 1 aromatic heterocycles. The molecular formula is C15H14BrFIN3O. The van der Waals surface area contributed by atoms with E-state index in [4.69, 9.17) is 4.74 Å². The van der Waals surface area contributed by atoms with Crippen molar-refractivity contribution in [1.82, 2.24) is 10.2 Å². The van der Waals surface area contributed by atoms with E-state index in [-0.39, 0.29) is 11.9 Å². The summed E-state index contributed by atoms with van der Waals surface area (Å²) in [5.74, 6) is 0.865. The standard InChI is InChI=1S/C15H14BrFIN3O/c16-10-1-2-13(12(17)9-10)22-11-5-7-21(8-6-11)15-4-3-14(18)19-20-15/h1-4,9,11H,5-8H2. The molecule has 1 fully saturated rings. The molecule has 116 valence electrons. The second kappa shape index (κ2) is 7.08. The fourth-order valence-electron chi connectivity index (χ4n) is 2.43. The van der Waals surface area contributed by atoms with Crippen molar-refractivity contribution in [2.24, 2.45) is 0 Å². The molecule has 0 aliphatic carbocycles. The van der Waals surface area contributed by atoms with Gasteiger partial charge < -0.3 is 9.64 Å². The van der Waals surface area contributed by atoms with E-state index >= 15 is 0 Å². The Kier molecular flexibility index (Phi) is 5.12. The molecule has 0 saturated carbocycles. The summed E-state index contributed by atoms with van der Waals surface area (Å²) in [4.78, 5) is 2.18. The molecule has 7 heteroatoms. The molecule has 1 saturated heterocycles. The molecule has 0 atom stereocenters. The minimum atomic E-state index is -0.333. The lowest BCUT2D eigenvalue weighted by Crippen LogP contribution is -2.38.